The number of fused-ring (bicyclic) bond motifs is 1. The van der Waals surface area contributed by atoms with Crippen molar-refractivity contribution in [3.63, 3.8) is 0 Å². The number of nitrogens with two attached hydrogens (primary N) is 1. The summed E-state index contributed by atoms with van der Waals surface area (Å²) in [4.78, 5) is 14.2. The fourth-order valence-corrected chi connectivity index (χ4v) is 3.34. The van der Waals surface area contributed by atoms with Crippen LogP contribution in [0.3, 0.4) is 0 Å². The van der Waals surface area contributed by atoms with Gasteiger partial charge in [-0.25, -0.2) is 0 Å². The summed E-state index contributed by atoms with van der Waals surface area (Å²) in [5.74, 6) is 0.945. The number of ether oxygens (including phenoxy) is 1. The Balaban J connectivity index is 1.61. The van der Waals surface area contributed by atoms with E-state index in [1.54, 1.807) is 0 Å². The number of likely N-dealkylation sites (tertiary alicyclic amines) is 1. The van der Waals surface area contributed by atoms with Gasteiger partial charge in [-0.2, -0.15) is 0 Å². The molecule has 0 spiro atoms. The molecule has 2 N–H and O–H groups in total. The number of benzene rings is 1. The van der Waals surface area contributed by atoms with Gasteiger partial charge in [0.1, 0.15) is 5.75 Å². The largest absolute Gasteiger partial charge is 0.483 e. The fourth-order valence-electron chi connectivity index (χ4n) is 3.34. The minimum atomic E-state index is 0.108. The van der Waals surface area contributed by atoms with Crippen molar-refractivity contribution in [1.82, 2.24) is 4.90 Å². The fraction of sp³-hybridized carbons (Fsp3) is 0.588. The van der Waals surface area contributed by atoms with Gasteiger partial charge in [-0.15, -0.1) is 0 Å². The molecule has 3 rings (SSSR count). The number of hydrogen-bond donors (Lipinski definition) is 1. The third-order valence-electron chi connectivity index (χ3n) is 4.58. The van der Waals surface area contributed by atoms with E-state index in [9.17, 15) is 4.79 Å². The molecule has 1 unspecified atom stereocenters. The zero-order valence-corrected chi connectivity index (χ0v) is 12.5. The molecule has 1 atom stereocenters. The Morgan fingerprint density at radius 1 is 1.24 bits per heavy atom. The molecular formula is C17H24N2O2. The molecule has 1 aromatic carbocycles. The van der Waals surface area contributed by atoms with Crippen LogP contribution in [0.1, 0.15) is 49.3 Å². The lowest BCUT2D eigenvalue weighted by atomic mass is 10.1. The molecule has 0 saturated carbocycles. The van der Waals surface area contributed by atoms with Crippen LogP contribution in [0.2, 0.25) is 0 Å². The van der Waals surface area contributed by atoms with E-state index in [1.165, 1.54) is 24.0 Å². The van der Waals surface area contributed by atoms with Gasteiger partial charge in [0.25, 0.3) is 5.91 Å². The van der Waals surface area contributed by atoms with E-state index in [2.05, 4.69) is 6.07 Å². The van der Waals surface area contributed by atoms with Crippen molar-refractivity contribution < 1.29 is 9.53 Å². The molecule has 0 radical (unpaired) electrons. The molecule has 1 amide bonds. The van der Waals surface area contributed by atoms with Gasteiger partial charge in [-0.05, 0) is 42.9 Å². The minimum absolute atomic E-state index is 0.108. The highest BCUT2D eigenvalue weighted by atomic mass is 16.5. The number of amides is 1. The zero-order valence-electron chi connectivity index (χ0n) is 12.5. The molecule has 1 saturated heterocycles. The van der Waals surface area contributed by atoms with Crippen molar-refractivity contribution in [3.05, 3.63) is 29.3 Å². The second kappa shape index (κ2) is 6.48. The van der Waals surface area contributed by atoms with Crippen LogP contribution < -0.4 is 10.5 Å². The van der Waals surface area contributed by atoms with Crippen molar-refractivity contribution in [2.75, 3.05) is 19.7 Å². The van der Waals surface area contributed by atoms with Gasteiger partial charge in [0, 0.05) is 19.1 Å². The van der Waals surface area contributed by atoms with E-state index in [4.69, 9.17) is 10.5 Å². The van der Waals surface area contributed by atoms with Crippen molar-refractivity contribution in [1.29, 1.82) is 0 Å². The van der Waals surface area contributed by atoms with E-state index >= 15 is 0 Å². The van der Waals surface area contributed by atoms with Crippen LogP contribution in [0.5, 0.6) is 5.75 Å². The molecule has 4 heteroatoms. The third-order valence-corrected chi connectivity index (χ3v) is 4.58. The lowest BCUT2D eigenvalue weighted by Gasteiger charge is -2.20. The normalized spacial score (nSPS) is 21.8. The van der Waals surface area contributed by atoms with Crippen molar-refractivity contribution in [2.45, 2.75) is 44.6 Å². The van der Waals surface area contributed by atoms with Crippen LogP contribution >= 0.6 is 0 Å². The maximum Gasteiger partial charge on any atom is 0.260 e. The van der Waals surface area contributed by atoms with Crippen molar-refractivity contribution in [2.24, 2.45) is 5.73 Å². The second-order valence-electron chi connectivity index (χ2n) is 6.05. The number of hydrogen-bond acceptors (Lipinski definition) is 3. The SMILES string of the molecule is NC1CCc2c(OCC(=O)N3CCCCCC3)cccc21. The molecule has 1 aromatic rings. The Morgan fingerprint density at radius 3 is 2.76 bits per heavy atom. The van der Waals surface area contributed by atoms with Crippen LogP contribution in [0, 0.1) is 0 Å². The number of nitrogens with zero attached hydrogens (tertiary/aromatic N) is 1. The maximum atomic E-state index is 12.3. The lowest BCUT2D eigenvalue weighted by molar-refractivity contribution is -0.133. The predicted octanol–water partition coefficient (Wildman–Crippen LogP) is 2.41. The van der Waals surface area contributed by atoms with Gasteiger partial charge < -0.3 is 15.4 Å². The quantitative estimate of drug-likeness (QED) is 0.929. The van der Waals surface area contributed by atoms with Crippen molar-refractivity contribution >= 4 is 5.91 Å². The first kappa shape index (κ1) is 14.4. The van der Waals surface area contributed by atoms with E-state index in [0.717, 1.165) is 44.5 Å². The first-order valence-corrected chi connectivity index (χ1v) is 8.03. The highest BCUT2D eigenvalue weighted by Crippen LogP contribution is 2.35. The van der Waals surface area contributed by atoms with Gasteiger partial charge in [0.15, 0.2) is 6.61 Å². The second-order valence-corrected chi connectivity index (χ2v) is 6.05. The van der Waals surface area contributed by atoms with Crippen LogP contribution in [0.25, 0.3) is 0 Å². The first-order chi connectivity index (χ1) is 10.3. The van der Waals surface area contributed by atoms with Crippen LogP contribution in [0.15, 0.2) is 18.2 Å². The van der Waals surface area contributed by atoms with E-state index < -0.39 is 0 Å². The lowest BCUT2D eigenvalue weighted by Crippen LogP contribution is -2.35. The van der Waals surface area contributed by atoms with Gasteiger partial charge in [0.05, 0.1) is 0 Å². The average molecular weight is 288 g/mol. The van der Waals surface area contributed by atoms with Crippen LogP contribution in [0.4, 0.5) is 0 Å². The number of rotatable bonds is 3. The smallest absolute Gasteiger partial charge is 0.260 e. The third kappa shape index (κ3) is 3.21. The number of carbonyl (C=O) groups is 1. The Kier molecular flexibility index (Phi) is 4.44. The van der Waals surface area contributed by atoms with Crippen molar-refractivity contribution in [3.8, 4) is 5.75 Å². The standard InChI is InChI=1S/C17H24N2O2/c18-15-9-8-14-13(15)6-5-7-16(14)21-12-17(20)19-10-3-1-2-4-11-19/h5-7,15H,1-4,8-12,18H2. The molecule has 0 bridgehead atoms. The molecule has 1 fully saturated rings. The highest BCUT2D eigenvalue weighted by Gasteiger charge is 2.23. The van der Waals surface area contributed by atoms with E-state index in [0.29, 0.717) is 0 Å². The molecular weight excluding hydrogens is 264 g/mol. The van der Waals surface area contributed by atoms with E-state index in [-0.39, 0.29) is 18.6 Å². The molecule has 2 aliphatic rings. The Morgan fingerprint density at radius 2 is 2.00 bits per heavy atom. The molecule has 1 heterocycles. The van der Waals surface area contributed by atoms with Gasteiger partial charge in [0.2, 0.25) is 0 Å². The first-order valence-electron chi connectivity index (χ1n) is 8.03. The summed E-state index contributed by atoms with van der Waals surface area (Å²) in [5.41, 5.74) is 8.44. The maximum absolute atomic E-state index is 12.3. The molecule has 1 aliphatic carbocycles. The summed E-state index contributed by atoms with van der Waals surface area (Å²) in [7, 11) is 0. The van der Waals surface area contributed by atoms with Crippen LogP contribution in [-0.4, -0.2) is 30.5 Å². The summed E-state index contributed by atoms with van der Waals surface area (Å²) in [6, 6.07) is 6.10. The van der Waals surface area contributed by atoms with Gasteiger partial charge in [-0.3, -0.25) is 4.79 Å². The summed E-state index contributed by atoms with van der Waals surface area (Å²) < 4.78 is 5.81. The Labute approximate surface area is 126 Å². The highest BCUT2D eigenvalue weighted by molar-refractivity contribution is 5.77. The summed E-state index contributed by atoms with van der Waals surface area (Å²) >= 11 is 0. The molecule has 114 valence electrons. The molecule has 4 nitrogen and oxygen atoms in total. The zero-order chi connectivity index (χ0) is 14.7. The predicted molar refractivity (Wildman–Crippen MR) is 82.2 cm³/mol. The molecule has 21 heavy (non-hydrogen) atoms. The van der Waals surface area contributed by atoms with Gasteiger partial charge >= 0.3 is 0 Å². The minimum Gasteiger partial charge on any atom is -0.483 e. The Hall–Kier alpha value is -1.55. The summed E-state index contributed by atoms with van der Waals surface area (Å²) in [6.07, 6.45) is 6.60. The summed E-state index contributed by atoms with van der Waals surface area (Å²) in [6.45, 7) is 1.89. The molecule has 1 aliphatic heterocycles. The average Bonchev–Trinajstić information content (AvgIpc) is 2.73. The Bertz CT molecular complexity index is 508. The topological polar surface area (TPSA) is 55.6 Å². The van der Waals surface area contributed by atoms with Gasteiger partial charge in [-0.1, -0.05) is 25.0 Å². The van der Waals surface area contributed by atoms with E-state index in [1.807, 2.05) is 17.0 Å². The monoisotopic (exact) mass is 288 g/mol. The van der Waals surface area contributed by atoms with Crippen LogP contribution in [-0.2, 0) is 11.2 Å². The molecule has 0 aromatic heterocycles. The summed E-state index contributed by atoms with van der Waals surface area (Å²) in [5, 5.41) is 0. The number of carbonyl (C=O) groups excluding carboxylic acids is 1.